The van der Waals surface area contributed by atoms with Crippen molar-refractivity contribution in [1.82, 2.24) is 0 Å². The van der Waals surface area contributed by atoms with Crippen molar-refractivity contribution in [3.63, 3.8) is 0 Å². The first-order valence-corrected chi connectivity index (χ1v) is 6.12. The van der Waals surface area contributed by atoms with Crippen LogP contribution in [0.25, 0.3) is 6.08 Å². The van der Waals surface area contributed by atoms with Gasteiger partial charge in [-0.25, -0.2) is 4.79 Å². The summed E-state index contributed by atoms with van der Waals surface area (Å²) >= 11 is 6.97. The molecule has 0 atom stereocenters. The molecule has 0 N–H and O–H groups in total. The maximum Gasteiger partial charge on any atom is 0.348 e. The maximum absolute atomic E-state index is 11.3. The van der Waals surface area contributed by atoms with Crippen molar-refractivity contribution in [2.45, 2.75) is 13.3 Å². The molecule has 1 aromatic heterocycles. The van der Waals surface area contributed by atoms with E-state index in [1.807, 2.05) is 18.2 Å². The van der Waals surface area contributed by atoms with Gasteiger partial charge >= 0.3 is 5.97 Å². The highest BCUT2D eigenvalue weighted by molar-refractivity contribution is 7.14. The van der Waals surface area contributed by atoms with Crippen LogP contribution in [-0.4, -0.2) is 18.5 Å². The number of halogens is 1. The molecule has 1 heterocycles. The van der Waals surface area contributed by atoms with Gasteiger partial charge in [0.05, 0.1) is 6.61 Å². The Hall–Kier alpha value is -0.800. The van der Waals surface area contributed by atoms with Crippen LogP contribution >= 0.6 is 22.9 Å². The summed E-state index contributed by atoms with van der Waals surface area (Å²) in [4.78, 5) is 13.0. The van der Waals surface area contributed by atoms with Gasteiger partial charge in [0.1, 0.15) is 4.88 Å². The van der Waals surface area contributed by atoms with Crippen LogP contribution in [0, 0.1) is 0 Å². The lowest BCUT2D eigenvalue weighted by molar-refractivity contribution is 0.0532. The smallest absolute Gasteiger partial charge is 0.348 e. The lowest BCUT2D eigenvalue weighted by atomic mass is 10.3. The number of allylic oxidation sites excluding steroid dienone is 1. The zero-order chi connectivity index (χ0) is 11.1. The summed E-state index contributed by atoms with van der Waals surface area (Å²) in [6, 6.07) is 3.69. The van der Waals surface area contributed by atoms with Crippen LogP contribution in [0.3, 0.4) is 0 Å². The van der Waals surface area contributed by atoms with Crippen LogP contribution in [-0.2, 0) is 4.74 Å². The highest BCUT2D eigenvalue weighted by atomic mass is 35.5. The predicted octanol–water partition coefficient (Wildman–Crippen LogP) is 3.57. The van der Waals surface area contributed by atoms with Crippen LogP contribution in [0.5, 0.6) is 0 Å². The van der Waals surface area contributed by atoms with E-state index in [9.17, 15) is 4.79 Å². The molecule has 2 nitrogen and oxygen atoms in total. The lowest BCUT2D eigenvalue weighted by Gasteiger charge is -1.96. The molecule has 0 bridgehead atoms. The molecule has 0 unspecified atom stereocenters. The first-order chi connectivity index (χ1) is 7.27. The molecule has 0 fully saturated rings. The van der Waals surface area contributed by atoms with Gasteiger partial charge in [-0.15, -0.1) is 22.9 Å². The van der Waals surface area contributed by atoms with Crippen LogP contribution in [0.15, 0.2) is 18.2 Å². The topological polar surface area (TPSA) is 26.3 Å². The second-order valence-corrected chi connectivity index (χ2v) is 4.30. The Morgan fingerprint density at radius 1 is 1.60 bits per heavy atom. The molecule has 4 heteroatoms. The standard InChI is InChI=1S/C11H13ClO2S/c1-2-14-11(13)10-7-6-9(15-10)5-3-4-8-12/h3,5-7H,2,4,8H2,1H3. The van der Waals surface area contributed by atoms with Crippen LogP contribution in [0.1, 0.15) is 27.9 Å². The number of carbonyl (C=O) groups is 1. The first-order valence-electron chi connectivity index (χ1n) is 4.77. The number of ether oxygens (including phenoxy) is 1. The molecule has 0 amide bonds. The van der Waals surface area contributed by atoms with Crippen molar-refractivity contribution in [3.8, 4) is 0 Å². The predicted molar refractivity (Wildman–Crippen MR) is 64.6 cm³/mol. The lowest BCUT2D eigenvalue weighted by Crippen LogP contribution is -2.01. The average Bonchev–Trinajstić information content (AvgIpc) is 2.67. The van der Waals surface area contributed by atoms with Gasteiger partial charge in [0.15, 0.2) is 0 Å². The van der Waals surface area contributed by atoms with Gasteiger partial charge in [-0.05, 0) is 31.6 Å². The van der Waals surface area contributed by atoms with Crippen LogP contribution in [0.4, 0.5) is 0 Å². The molecule has 0 aliphatic rings. The second kappa shape index (κ2) is 6.64. The van der Waals surface area contributed by atoms with Crippen LogP contribution in [0.2, 0.25) is 0 Å². The largest absolute Gasteiger partial charge is 0.462 e. The minimum atomic E-state index is -0.250. The Kier molecular flexibility index (Phi) is 5.43. The summed E-state index contributed by atoms with van der Waals surface area (Å²) < 4.78 is 4.89. The molecule has 0 aliphatic heterocycles. The quantitative estimate of drug-likeness (QED) is 0.585. The highest BCUT2D eigenvalue weighted by Crippen LogP contribution is 2.19. The van der Waals surface area contributed by atoms with Crippen molar-refractivity contribution in [2.24, 2.45) is 0 Å². The molecule has 1 rings (SSSR count). The number of thiophene rings is 1. The van der Waals surface area contributed by atoms with E-state index in [0.29, 0.717) is 17.4 Å². The minimum absolute atomic E-state index is 0.250. The average molecular weight is 245 g/mol. The third kappa shape index (κ3) is 4.06. The van der Waals surface area contributed by atoms with E-state index in [4.69, 9.17) is 16.3 Å². The van der Waals surface area contributed by atoms with Crippen molar-refractivity contribution < 1.29 is 9.53 Å². The second-order valence-electron chi connectivity index (χ2n) is 2.80. The zero-order valence-electron chi connectivity index (χ0n) is 8.53. The van der Waals surface area contributed by atoms with Gasteiger partial charge in [0.25, 0.3) is 0 Å². The molecule has 0 spiro atoms. The van der Waals surface area contributed by atoms with E-state index in [1.165, 1.54) is 11.3 Å². The number of rotatable bonds is 5. The van der Waals surface area contributed by atoms with Gasteiger partial charge in [-0.3, -0.25) is 0 Å². The normalized spacial score (nSPS) is 10.8. The number of hydrogen-bond donors (Lipinski definition) is 0. The van der Waals surface area contributed by atoms with Crippen LogP contribution < -0.4 is 0 Å². The fourth-order valence-electron chi connectivity index (χ4n) is 1.02. The fraction of sp³-hybridized carbons (Fsp3) is 0.364. The molecule has 0 radical (unpaired) electrons. The summed E-state index contributed by atoms with van der Waals surface area (Å²) in [6.07, 6.45) is 4.80. The molecule has 82 valence electrons. The Morgan fingerprint density at radius 2 is 2.40 bits per heavy atom. The summed E-state index contributed by atoms with van der Waals surface area (Å²) in [5.41, 5.74) is 0. The molecule has 1 aromatic rings. The number of hydrogen-bond acceptors (Lipinski definition) is 3. The summed E-state index contributed by atoms with van der Waals surface area (Å²) in [5.74, 6) is 0.367. The van der Waals surface area contributed by atoms with E-state index in [2.05, 4.69) is 0 Å². The number of carbonyl (C=O) groups excluding carboxylic acids is 1. The summed E-state index contributed by atoms with van der Waals surface area (Å²) in [7, 11) is 0. The number of alkyl halides is 1. The van der Waals surface area contributed by atoms with E-state index in [0.717, 1.165) is 11.3 Å². The van der Waals surface area contributed by atoms with E-state index in [1.54, 1.807) is 13.0 Å². The van der Waals surface area contributed by atoms with E-state index in [-0.39, 0.29) is 5.97 Å². The molecular formula is C11H13ClO2S. The fourth-order valence-corrected chi connectivity index (χ4v) is 1.98. The first kappa shape index (κ1) is 12.3. The third-order valence-corrected chi connectivity index (χ3v) is 2.91. The zero-order valence-corrected chi connectivity index (χ0v) is 10.1. The molecule has 0 aliphatic carbocycles. The Bertz CT molecular complexity index is 344. The van der Waals surface area contributed by atoms with E-state index >= 15 is 0 Å². The molecule has 0 saturated heterocycles. The Balaban J connectivity index is 2.59. The Morgan fingerprint density at radius 3 is 3.07 bits per heavy atom. The minimum Gasteiger partial charge on any atom is -0.462 e. The van der Waals surface area contributed by atoms with E-state index < -0.39 is 0 Å². The molecule has 0 aromatic carbocycles. The SMILES string of the molecule is CCOC(=O)c1ccc(C=CCCCl)s1. The van der Waals surface area contributed by atoms with Crippen molar-refractivity contribution in [2.75, 3.05) is 12.5 Å². The Labute approximate surface area is 98.5 Å². The number of esters is 1. The summed E-state index contributed by atoms with van der Waals surface area (Å²) in [6.45, 7) is 2.21. The van der Waals surface area contributed by atoms with Gasteiger partial charge in [-0.1, -0.05) is 6.08 Å². The summed E-state index contributed by atoms with van der Waals surface area (Å²) in [5, 5.41) is 0. The van der Waals surface area contributed by atoms with Gasteiger partial charge < -0.3 is 4.74 Å². The van der Waals surface area contributed by atoms with Gasteiger partial charge in [0.2, 0.25) is 0 Å². The molecule has 15 heavy (non-hydrogen) atoms. The van der Waals surface area contributed by atoms with Gasteiger partial charge in [-0.2, -0.15) is 0 Å². The molecule has 0 saturated carbocycles. The van der Waals surface area contributed by atoms with Crippen molar-refractivity contribution in [1.29, 1.82) is 0 Å². The maximum atomic E-state index is 11.3. The molecular weight excluding hydrogens is 232 g/mol. The third-order valence-electron chi connectivity index (χ3n) is 1.66. The van der Waals surface area contributed by atoms with Crippen molar-refractivity contribution >= 4 is 35.0 Å². The van der Waals surface area contributed by atoms with Crippen molar-refractivity contribution in [3.05, 3.63) is 28.0 Å². The monoisotopic (exact) mass is 244 g/mol. The van der Waals surface area contributed by atoms with Gasteiger partial charge in [0, 0.05) is 10.8 Å². The highest BCUT2D eigenvalue weighted by Gasteiger charge is 2.08.